The topological polar surface area (TPSA) is 81.7 Å². The second-order valence-electron chi connectivity index (χ2n) is 11.1. The molecule has 7 rings (SSSR count). The molecule has 8 heteroatoms. The van der Waals surface area contributed by atoms with Crippen LogP contribution in [0.5, 0.6) is 0 Å². The SMILES string of the molecule is O=C1N(Cc2ccccc2)c2ccccc2C1(Cc1cn(Cc2ccccc2)nn1)Cc1cn(Cc2ccccc2)nn1. The molecule has 0 bridgehead atoms. The molecular weight excluding hydrogens is 534 g/mol. The molecule has 0 unspecified atom stereocenters. The van der Waals surface area contributed by atoms with E-state index in [1.165, 1.54) is 0 Å². The highest BCUT2D eigenvalue weighted by Gasteiger charge is 2.51. The molecule has 6 aromatic rings. The average molecular weight is 566 g/mol. The van der Waals surface area contributed by atoms with Gasteiger partial charge in [0.2, 0.25) is 5.91 Å². The van der Waals surface area contributed by atoms with Crippen molar-refractivity contribution in [3.63, 3.8) is 0 Å². The maximum atomic E-state index is 14.7. The number of hydrogen-bond acceptors (Lipinski definition) is 5. The lowest BCUT2D eigenvalue weighted by Gasteiger charge is -2.27. The monoisotopic (exact) mass is 565 g/mol. The smallest absolute Gasteiger partial charge is 0.238 e. The van der Waals surface area contributed by atoms with Crippen LogP contribution in [-0.4, -0.2) is 35.9 Å². The van der Waals surface area contributed by atoms with E-state index in [1.54, 1.807) is 0 Å². The van der Waals surface area contributed by atoms with Crippen molar-refractivity contribution < 1.29 is 4.79 Å². The average Bonchev–Trinajstić information content (AvgIpc) is 3.74. The first-order chi connectivity index (χ1) is 21.2. The number of fused-ring (bicyclic) bond motifs is 1. The molecular formula is C35H31N7O. The fourth-order valence-electron chi connectivity index (χ4n) is 6.08. The zero-order valence-corrected chi connectivity index (χ0v) is 23.7. The van der Waals surface area contributed by atoms with Crippen LogP contribution in [-0.2, 0) is 42.7 Å². The van der Waals surface area contributed by atoms with Crippen molar-refractivity contribution in [1.29, 1.82) is 0 Å². The van der Waals surface area contributed by atoms with Crippen LogP contribution in [0.3, 0.4) is 0 Å². The summed E-state index contributed by atoms with van der Waals surface area (Å²) >= 11 is 0. The van der Waals surface area contributed by atoms with Crippen LogP contribution in [0, 0.1) is 0 Å². The number of carbonyl (C=O) groups excluding carboxylic acids is 1. The van der Waals surface area contributed by atoms with Gasteiger partial charge in [-0.15, -0.1) is 10.2 Å². The van der Waals surface area contributed by atoms with Crippen molar-refractivity contribution in [2.45, 2.75) is 37.9 Å². The van der Waals surface area contributed by atoms with Gasteiger partial charge in [0.25, 0.3) is 0 Å². The summed E-state index contributed by atoms with van der Waals surface area (Å²) in [6.07, 6.45) is 4.70. The molecule has 0 fully saturated rings. The molecule has 1 amide bonds. The first-order valence-electron chi connectivity index (χ1n) is 14.5. The van der Waals surface area contributed by atoms with Gasteiger partial charge in [-0.3, -0.25) is 4.79 Å². The van der Waals surface area contributed by atoms with Crippen LogP contribution in [0.4, 0.5) is 5.69 Å². The van der Waals surface area contributed by atoms with Crippen molar-refractivity contribution in [1.82, 2.24) is 30.0 Å². The largest absolute Gasteiger partial charge is 0.307 e. The van der Waals surface area contributed by atoms with Crippen molar-refractivity contribution in [2.24, 2.45) is 0 Å². The Morgan fingerprint density at radius 3 is 1.49 bits per heavy atom. The summed E-state index contributed by atoms with van der Waals surface area (Å²) in [6, 6.07) is 38.6. The van der Waals surface area contributed by atoms with Crippen molar-refractivity contribution >= 4 is 11.6 Å². The van der Waals surface area contributed by atoms with Crippen LogP contribution in [0.25, 0.3) is 0 Å². The Bertz CT molecular complexity index is 1750. The van der Waals surface area contributed by atoms with E-state index >= 15 is 0 Å². The zero-order valence-electron chi connectivity index (χ0n) is 23.7. The molecule has 0 radical (unpaired) electrons. The number of hydrogen-bond donors (Lipinski definition) is 0. The van der Waals surface area contributed by atoms with Crippen molar-refractivity contribution in [2.75, 3.05) is 4.90 Å². The normalized spacial score (nSPS) is 13.8. The minimum atomic E-state index is -0.910. The summed E-state index contributed by atoms with van der Waals surface area (Å²) < 4.78 is 3.67. The predicted octanol–water partition coefficient (Wildman–Crippen LogP) is 5.24. The third-order valence-corrected chi connectivity index (χ3v) is 8.06. The third kappa shape index (κ3) is 5.47. The molecule has 0 saturated carbocycles. The Hall–Kier alpha value is -5.37. The fraction of sp³-hybridized carbons (Fsp3) is 0.171. The minimum Gasteiger partial charge on any atom is -0.307 e. The van der Waals surface area contributed by atoms with Crippen LogP contribution in [0.1, 0.15) is 33.6 Å². The number of para-hydroxylation sites is 1. The first kappa shape index (κ1) is 26.5. The number of nitrogens with zero attached hydrogens (tertiary/aromatic N) is 7. The number of carbonyl (C=O) groups is 1. The molecule has 0 spiro atoms. The van der Waals surface area contributed by atoms with Gasteiger partial charge >= 0.3 is 0 Å². The summed E-state index contributed by atoms with van der Waals surface area (Å²) in [5.74, 6) is 0.0350. The van der Waals surface area contributed by atoms with Gasteiger partial charge in [0, 0.05) is 30.9 Å². The van der Waals surface area contributed by atoms with Gasteiger partial charge in [-0.25, -0.2) is 9.36 Å². The lowest BCUT2D eigenvalue weighted by molar-refractivity contribution is -0.123. The van der Waals surface area contributed by atoms with Crippen LogP contribution < -0.4 is 4.90 Å². The zero-order chi connectivity index (χ0) is 29.1. The second kappa shape index (κ2) is 11.5. The molecule has 0 atom stereocenters. The lowest BCUT2D eigenvalue weighted by Crippen LogP contribution is -2.43. The lowest BCUT2D eigenvalue weighted by atomic mass is 9.74. The van der Waals surface area contributed by atoms with Crippen LogP contribution in [0.2, 0.25) is 0 Å². The van der Waals surface area contributed by atoms with E-state index in [2.05, 4.69) is 63.1 Å². The van der Waals surface area contributed by atoms with Crippen molar-refractivity contribution in [3.05, 3.63) is 161 Å². The van der Waals surface area contributed by atoms with Gasteiger partial charge in [0.05, 0.1) is 36.4 Å². The highest BCUT2D eigenvalue weighted by molar-refractivity contribution is 6.08. The van der Waals surface area contributed by atoms with E-state index in [1.807, 2.05) is 99.5 Å². The molecule has 0 saturated heterocycles. The molecule has 212 valence electrons. The van der Waals surface area contributed by atoms with Gasteiger partial charge in [-0.2, -0.15) is 0 Å². The number of anilines is 1. The predicted molar refractivity (Wildman–Crippen MR) is 164 cm³/mol. The van der Waals surface area contributed by atoms with E-state index in [4.69, 9.17) is 0 Å². The molecule has 4 aromatic carbocycles. The summed E-state index contributed by atoms with van der Waals surface area (Å²) in [5.41, 5.74) is 5.86. The van der Waals surface area contributed by atoms with Gasteiger partial charge < -0.3 is 4.90 Å². The molecule has 1 aliphatic heterocycles. The fourth-order valence-corrected chi connectivity index (χ4v) is 6.08. The van der Waals surface area contributed by atoms with Crippen molar-refractivity contribution in [3.8, 4) is 0 Å². The standard InChI is InChI=1S/C35H31N7O/c43-34-35(20-30-25-40(38-36-30)22-27-12-4-1-5-13-27,21-31-26-41(39-37-31)23-28-14-6-2-7-15-28)32-18-10-11-19-33(32)42(34)24-29-16-8-3-9-17-29/h1-19,25-26H,20-24H2. The molecule has 2 aromatic heterocycles. The molecule has 0 N–H and O–H groups in total. The van der Waals surface area contributed by atoms with Gasteiger partial charge in [-0.1, -0.05) is 120 Å². The molecule has 1 aliphatic rings. The Morgan fingerprint density at radius 1 is 0.535 bits per heavy atom. The third-order valence-electron chi connectivity index (χ3n) is 8.06. The van der Waals surface area contributed by atoms with E-state index in [9.17, 15) is 4.79 Å². The maximum Gasteiger partial charge on any atom is 0.238 e. The quantitative estimate of drug-likeness (QED) is 0.227. The van der Waals surface area contributed by atoms with Gasteiger partial charge in [0.1, 0.15) is 0 Å². The first-order valence-corrected chi connectivity index (χ1v) is 14.5. The van der Waals surface area contributed by atoms with Crippen LogP contribution >= 0.6 is 0 Å². The summed E-state index contributed by atoms with van der Waals surface area (Å²) in [7, 11) is 0. The molecule has 8 nitrogen and oxygen atoms in total. The van der Waals surface area contributed by atoms with E-state index in [-0.39, 0.29) is 5.91 Å². The molecule has 3 heterocycles. The summed E-state index contributed by atoms with van der Waals surface area (Å²) in [5, 5.41) is 17.9. The van der Waals surface area contributed by atoms with E-state index < -0.39 is 5.41 Å². The van der Waals surface area contributed by atoms with Crippen LogP contribution in [0.15, 0.2) is 128 Å². The van der Waals surface area contributed by atoms with Gasteiger partial charge in [-0.05, 0) is 28.3 Å². The number of aromatic nitrogens is 6. The highest BCUT2D eigenvalue weighted by Crippen LogP contribution is 2.46. The minimum absolute atomic E-state index is 0.0350. The highest BCUT2D eigenvalue weighted by atomic mass is 16.2. The summed E-state index contributed by atoms with van der Waals surface area (Å²) in [4.78, 5) is 16.6. The maximum absolute atomic E-state index is 14.7. The molecule has 0 aliphatic carbocycles. The Kier molecular flexibility index (Phi) is 7.08. The summed E-state index contributed by atoms with van der Waals surface area (Å²) in [6.45, 7) is 1.71. The van der Waals surface area contributed by atoms with Gasteiger partial charge in [0.15, 0.2) is 0 Å². The Balaban J connectivity index is 1.24. The van der Waals surface area contributed by atoms with E-state index in [0.29, 0.717) is 32.5 Å². The van der Waals surface area contributed by atoms with E-state index in [0.717, 1.165) is 39.3 Å². The number of benzene rings is 4. The Labute approximate surface area is 250 Å². The number of amides is 1. The number of rotatable bonds is 10. The Morgan fingerprint density at radius 2 is 0.977 bits per heavy atom. The second-order valence-corrected chi connectivity index (χ2v) is 11.1. The molecule has 43 heavy (non-hydrogen) atoms.